The lowest BCUT2D eigenvalue weighted by Crippen LogP contribution is -2.49. The third-order valence-electron chi connectivity index (χ3n) is 3.81. The SMILES string of the molecule is CC(N)C(C)C(=O)NC1CCN(C(C)C)CC1. The molecule has 1 heterocycles. The molecule has 0 radical (unpaired) electrons. The van der Waals surface area contributed by atoms with Gasteiger partial charge in [0.05, 0.1) is 0 Å². The van der Waals surface area contributed by atoms with Crippen molar-refractivity contribution in [2.75, 3.05) is 13.1 Å². The fraction of sp³-hybridized carbons (Fsp3) is 0.923. The zero-order valence-electron chi connectivity index (χ0n) is 11.6. The van der Waals surface area contributed by atoms with Gasteiger partial charge in [-0.15, -0.1) is 0 Å². The predicted molar refractivity (Wildman–Crippen MR) is 70.7 cm³/mol. The summed E-state index contributed by atoms with van der Waals surface area (Å²) in [7, 11) is 0. The third kappa shape index (κ3) is 4.28. The average molecular weight is 241 g/mol. The van der Waals surface area contributed by atoms with Crippen LogP contribution in [-0.4, -0.2) is 42.0 Å². The smallest absolute Gasteiger partial charge is 0.224 e. The lowest BCUT2D eigenvalue weighted by molar-refractivity contribution is -0.126. The molecule has 4 heteroatoms. The largest absolute Gasteiger partial charge is 0.353 e. The van der Waals surface area contributed by atoms with Gasteiger partial charge in [0.25, 0.3) is 0 Å². The van der Waals surface area contributed by atoms with Gasteiger partial charge in [-0.1, -0.05) is 6.92 Å². The second-order valence-corrected chi connectivity index (χ2v) is 5.56. The number of hydrogen-bond donors (Lipinski definition) is 2. The van der Waals surface area contributed by atoms with Gasteiger partial charge in [0.2, 0.25) is 5.91 Å². The molecule has 1 rings (SSSR count). The van der Waals surface area contributed by atoms with E-state index in [1.54, 1.807) is 0 Å². The van der Waals surface area contributed by atoms with Gasteiger partial charge in [0.1, 0.15) is 0 Å². The second kappa shape index (κ2) is 6.36. The molecule has 100 valence electrons. The van der Waals surface area contributed by atoms with Crippen LogP contribution in [0.1, 0.15) is 40.5 Å². The first-order valence-electron chi connectivity index (χ1n) is 6.71. The molecule has 0 spiro atoms. The number of piperidine rings is 1. The maximum Gasteiger partial charge on any atom is 0.224 e. The standard InChI is InChI=1S/C13H27N3O/c1-9(2)16-7-5-12(6-8-16)15-13(17)10(3)11(4)14/h9-12H,5-8,14H2,1-4H3,(H,15,17). The highest BCUT2D eigenvalue weighted by atomic mass is 16.1. The van der Waals surface area contributed by atoms with Crippen LogP contribution in [0.2, 0.25) is 0 Å². The summed E-state index contributed by atoms with van der Waals surface area (Å²) < 4.78 is 0. The molecule has 17 heavy (non-hydrogen) atoms. The molecule has 0 aliphatic carbocycles. The molecule has 0 aromatic heterocycles. The van der Waals surface area contributed by atoms with Gasteiger partial charge in [0.15, 0.2) is 0 Å². The predicted octanol–water partition coefficient (Wildman–Crippen LogP) is 0.959. The number of nitrogens with one attached hydrogen (secondary N) is 1. The fourth-order valence-electron chi connectivity index (χ4n) is 2.13. The Hall–Kier alpha value is -0.610. The van der Waals surface area contributed by atoms with Crippen LogP contribution in [-0.2, 0) is 4.79 Å². The summed E-state index contributed by atoms with van der Waals surface area (Å²) in [5.74, 6) is 0.00104. The van der Waals surface area contributed by atoms with Gasteiger partial charge in [-0.05, 0) is 33.6 Å². The van der Waals surface area contributed by atoms with E-state index >= 15 is 0 Å². The van der Waals surface area contributed by atoms with Gasteiger partial charge >= 0.3 is 0 Å². The second-order valence-electron chi connectivity index (χ2n) is 5.56. The van der Waals surface area contributed by atoms with Crippen LogP contribution in [0.25, 0.3) is 0 Å². The highest BCUT2D eigenvalue weighted by Crippen LogP contribution is 2.13. The van der Waals surface area contributed by atoms with Gasteiger partial charge < -0.3 is 16.0 Å². The van der Waals surface area contributed by atoms with Crippen LogP contribution in [0.4, 0.5) is 0 Å². The lowest BCUT2D eigenvalue weighted by Gasteiger charge is -2.35. The molecule has 2 unspecified atom stereocenters. The Labute approximate surface area is 105 Å². The third-order valence-corrected chi connectivity index (χ3v) is 3.81. The minimum Gasteiger partial charge on any atom is -0.353 e. The summed E-state index contributed by atoms with van der Waals surface area (Å²) in [5.41, 5.74) is 5.73. The molecule has 0 aromatic rings. The quantitative estimate of drug-likeness (QED) is 0.771. The van der Waals surface area contributed by atoms with E-state index in [0.29, 0.717) is 12.1 Å². The van der Waals surface area contributed by atoms with Gasteiger partial charge in [-0.25, -0.2) is 0 Å². The van der Waals surface area contributed by atoms with Crippen LogP contribution >= 0.6 is 0 Å². The summed E-state index contributed by atoms with van der Waals surface area (Å²) in [5, 5.41) is 3.11. The number of carbonyl (C=O) groups excluding carboxylic acids is 1. The molecular formula is C13H27N3O. The maximum atomic E-state index is 11.9. The number of hydrogen-bond acceptors (Lipinski definition) is 3. The van der Waals surface area contributed by atoms with E-state index in [0.717, 1.165) is 25.9 Å². The number of rotatable bonds is 4. The van der Waals surface area contributed by atoms with E-state index in [1.165, 1.54) is 0 Å². The number of amides is 1. The number of nitrogens with two attached hydrogens (primary N) is 1. The maximum absolute atomic E-state index is 11.9. The summed E-state index contributed by atoms with van der Waals surface area (Å²) in [6.07, 6.45) is 2.10. The average Bonchev–Trinajstić information content (AvgIpc) is 2.28. The Balaban J connectivity index is 2.33. The van der Waals surface area contributed by atoms with E-state index in [-0.39, 0.29) is 17.9 Å². The van der Waals surface area contributed by atoms with Gasteiger partial charge in [-0.2, -0.15) is 0 Å². The highest BCUT2D eigenvalue weighted by molar-refractivity contribution is 5.79. The Morgan fingerprint density at radius 2 is 1.76 bits per heavy atom. The minimum atomic E-state index is -0.0990. The first-order valence-corrected chi connectivity index (χ1v) is 6.71. The van der Waals surface area contributed by atoms with Crippen LogP contribution in [0.3, 0.4) is 0 Å². The van der Waals surface area contributed by atoms with Crippen molar-refractivity contribution in [2.24, 2.45) is 11.7 Å². The van der Waals surface area contributed by atoms with Crippen molar-refractivity contribution >= 4 is 5.91 Å². The zero-order chi connectivity index (χ0) is 13.0. The topological polar surface area (TPSA) is 58.4 Å². The van der Waals surface area contributed by atoms with Crippen molar-refractivity contribution in [1.82, 2.24) is 10.2 Å². The van der Waals surface area contributed by atoms with Crippen LogP contribution < -0.4 is 11.1 Å². The molecule has 0 bridgehead atoms. The normalized spacial score (nSPS) is 22.5. The molecule has 1 saturated heterocycles. The van der Waals surface area contributed by atoms with E-state index in [2.05, 4.69) is 24.1 Å². The van der Waals surface area contributed by atoms with E-state index in [1.807, 2.05) is 13.8 Å². The fourth-order valence-corrected chi connectivity index (χ4v) is 2.13. The minimum absolute atomic E-state index is 0.0780. The molecular weight excluding hydrogens is 214 g/mol. The molecule has 2 atom stereocenters. The molecule has 0 saturated carbocycles. The van der Waals surface area contributed by atoms with Crippen molar-refractivity contribution < 1.29 is 4.79 Å². The zero-order valence-corrected chi connectivity index (χ0v) is 11.6. The first-order chi connectivity index (χ1) is 7.91. The van der Waals surface area contributed by atoms with Crippen LogP contribution in [0, 0.1) is 5.92 Å². The summed E-state index contributed by atoms with van der Waals surface area (Å²) in [6, 6.07) is 0.860. The monoisotopic (exact) mass is 241 g/mol. The molecule has 1 aliphatic heterocycles. The molecule has 1 fully saturated rings. The van der Waals surface area contributed by atoms with E-state index < -0.39 is 0 Å². The van der Waals surface area contributed by atoms with E-state index in [9.17, 15) is 4.79 Å². The summed E-state index contributed by atoms with van der Waals surface area (Å²) in [6.45, 7) is 10.4. The van der Waals surface area contributed by atoms with Crippen molar-refractivity contribution in [1.29, 1.82) is 0 Å². The van der Waals surface area contributed by atoms with Crippen LogP contribution in [0.5, 0.6) is 0 Å². The van der Waals surface area contributed by atoms with Crippen molar-refractivity contribution in [2.45, 2.75) is 58.7 Å². The summed E-state index contributed by atoms with van der Waals surface area (Å²) >= 11 is 0. The molecule has 1 amide bonds. The summed E-state index contributed by atoms with van der Waals surface area (Å²) in [4.78, 5) is 14.3. The lowest BCUT2D eigenvalue weighted by atomic mass is 10.00. The Morgan fingerprint density at radius 3 is 2.18 bits per heavy atom. The van der Waals surface area contributed by atoms with E-state index in [4.69, 9.17) is 5.73 Å². The number of nitrogens with zero attached hydrogens (tertiary/aromatic N) is 1. The molecule has 3 N–H and O–H groups in total. The Kier molecular flexibility index (Phi) is 5.40. The number of carbonyl (C=O) groups is 1. The van der Waals surface area contributed by atoms with Crippen LogP contribution in [0.15, 0.2) is 0 Å². The molecule has 1 aliphatic rings. The number of likely N-dealkylation sites (tertiary alicyclic amines) is 1. The van der Waals surface area contributed by atoms with Crippen molar-refractivity contribution in [3.05, 3.63) is 0 Å². The first kappa shape index (κ1) is 14.5. The molecule has 4 nitrogen and oxygen atoms in total. The molecule has 0 aromatic carbocycles. The Morgan fingerprint density at radius 1 is 1.24 bits per heavy atom. The Bertz CT molecular complexity index is 245. The van der Waals surface area contributed by atoms with Crippen molar-refractivity contribution in [3.63, 3.8) is 0 Å². The van der Waals surface area contributed by atoms with Gasteiger partial charge in [-0.3, -0.25) is 4.79 Å². The van der Waals surface area contributed by atoms with Crippen molar-refractivity contribution in [3.8, 4) is 0 Å². The highest BCUT2D eigenvalue weighted by Gasteiger charge is 2.24. The van der Waals surface area contributed by atoms with Gasteiger partial charge in [0, 0.05) is 37.1 Å².